The average molecular weight is 486 g/mol. The number of halogens is 3. The zero-order valence-electron chi connectivity index (χ0n) is 18.5. The molecule has 2 aromatic carbocycles. The molecule has 0 aliphatic carbocycles. The van der Waals surface area contributed by atoms with E-state index in [0.29, 0.717) is 54.6 Å². The van der Waals surface area contributed by atoms with Crippen LogP contribution in [-0.4, -0.2) is 53.3 Å². The van der Waals surface area contributed by atoms with Gasteiger partial charge >= 0.3 is 6.18 Å². The molecular formula is C24H21F3N4O4. The Morgan fingerprint density at radius 3 is 2.49 bits per heavy atom. The lowest BCUT2D eigenvalue weighted by atomic mass is 10.1. The van der Waals surface area contributed by atoms with E-state index in [-0.39, 0.29) is 24.8 Å². The first-order valence-electron chi connectivity index (χ1n) is 10.9. The number of hydrogen-bond donors (Lipinski definition) is 0. The van der Waals surface area contributed by atoms with Crippen LogP contribution in [0.1, 0.15) is 5.56 Å². The summed E-state index contributed by atoms with van der Waals surface area (Å²) in [6, 6.07) is 11.8. The number of carbonyl (C=O) groups excluding carboxylic acids is 1. The van der Waals surface area contributed by atoms with Gasteiger partial charge in [-0.25, -0.2) is 4.98 Å². The molecular weight excluding hydrogens is 465 g/mol. The Morgan fingerprint density at radius 2 is 1.74 bits per heavy atom. The fourth-order valence-electron chi connectivity index (χ4n) is 4.10. The van der Waals surface area contributed by atoms with Gasteiger partial charge in [-0.2, -0.15) is 13.2 Å². The molecule has 5 rings (SSSR count). The topological polar surface area (TPSA) is 76.9 Å². The number of anilines is 1. The van der Waals surface area contributed by atoms with Crippen molar-refractivity contribution in [1.82, 2.24) is 14.5 Å². The van der Waals surface area contributed by atoms with Crippen LogP contribution >= 0.6 is 0 Å². The average Bonchev–Trinajstić information content (AvgIpc) is 3.33. The molecule has 0 N–H and O–H groups in total. The Balaban J connectivity index is 1.21. The first-order valence-corrected chi connectivity index (χ1v) is 10.9. The third-order valence-electron chi connectivity index (χ3n) is 6.02. The molecule has 0 unspecified atom stereocenters. The van der Waals surface area contributed by atoms with Crippen LogP contribution in [0.2, 0.25) is 0 Å². The van der Waals surface area contributed by atoms with E-state index in [4.69, 9.17) is 9.47 Å². The maximum Gasteiger partial charge on any atom is 0.416 e. The van der Waals surface area contributed by atoms with Gasteiger partial charge in [0.05, 0.1) is 17.6 Å². The summed E-state index contributed by atoms with van der Waals surface area (Å²) >= 11 is 0. The second-order valence-electron chi connectivity index (χ2n) is 8.22. The summed E-state index contributed by atoms with van der Waals surface area (Å²) in [4.78, 5) is 33.1. The number of rotatable bonds is 4. The summed E-state index contributed by atoms with van der Waals surface area (Å²) in [6.45, 7) is 1.44. The predicted molar refractivity (Wildman–Crippen MR) is 120 cm³/mol. The number of piperazine rings is 1. The first kappa shape index (κ1) is 22.8. The molecule has 0 atom stereocenters. The monoisotopic (exact) mass is 486 g/mol. The quantitative estimate of drug-likeness (QED) is 0.565. The maximum atomic E-state index is 13.0. The van der Waals surface area contributed by atoms with Crippen LogP contribution in [0.4, 0.5) is 18.9 Å². The predicted octanol–water partition coefficient (Wildman–Crippen LogP) is 3.01. The molecule has 0 radical (unpaired) electrons. The van der Waals surface area contributed by atoms with Gasteiger partial charge in [-0.1, -0.05) is 6.07 Å². The molecule has 2 aliphatic heterocycles. The van der Waals surface area contributed by atoms with Crippen LogP contribution in [0.15, 0.2) is 59.7 Å². The second-order valence-corrected chi connectivity index (χ2v) is 8.22. The molecule has 0 saturated carbocycles. The minimum absolute atomic E-state index is 0.143. The van der Waals surface area contributed by atoms with Crippen molar-refractivity contribution in [2.45, 2.75) is 12.7 Å². The van der Waals surface area contributed by atoms with Crippen LogP contribution in [0, 0.1) is 0 Å². The van der Waals surface area contributed by atoms with Crippen LogP contribution in [0.5, 0.6) is 11.5 Å². The zero-order chi connectivity index (χ0) is 24.6. The Kier molecular flexibility index (Phi) is 5.83. The van der Waals surface area contributed by atoms with Crippen molar-refractivity contribution >= 4 is 11.6 Å². The molecule has 1 fully saturated rings. The summed E-state index contributed by atoms with van der Waals surface area (Å²) in [7, 11) is 0. The van der Waals surface area contributed by atoms with Gasteiger partial charge in [0.1, 0.15) is 6.54 Å². The molecule has 2 aliphatic rings. The molecule has 8 nitrogen and oxygen atoms in total. The first-order chi connectivity index (χ1) is 16.8. The van der Waals surface area contributed by atoms with Gasteiger partial charge in [0, 0.05) is 43.5 Å². The normalized spacial score (nSPS) is 15.4. The van der Waals surface area contributed by atoms with Crippen molar-refractivity contribution in [2.75, 3.05) is 37.9 Å². The van der Waals surface area contributed by atoms with E-state index in [1.807, 2.05) is 4.90 Å². The molecule has 0 spiro atoms. The minimum Gasteiger partial charge on any atom is -0.454 e. The summed E-state index contributed by atoms with van der Waals surface area (Å²) in [5.74, 6) is 0.946. The Labute approximate surface area is 198 Å². The number of ether oxygens (including phenoxy) is 2. The SMILES string of the molecule is O=C(Cn1cnc(-c2ccc3c(c2)OCO3)cc1=O)N1CCN(c2cccc(C(F)(F)F)c2)CC1. The highest BCUT2D eigenvalue weighted by atomic mass is 19.4. The Bertz CT molecular complexity index is 1320. The molecule has 3 heterocycles. The summed E-state index contributed by atoms with van der Waals surface area (Å²) in [5, 5.41) is 0. The molecule has 1 saturated heterocycles. The summed E-state index contributed by atoms with van der Waals surface area (Å²) < 4.78 is 50.9. The van der Waals surface area contributed by atoms with Gasteiger partial charge < -0.3 is 19.3 Å². The largest absolute Gasteiger partial charge is 0.454 e. The van der Waals surface area contributed by atoms with Crippen molar-refractivity contribution in [3.8, 4) is 22.8 Å². The van der Waals surface area contributed by atoms with Crippen molar-refractivity contribution in [2.24, 2.45) is 0 Å². The van der Waals surface area contributed by atoms with Crippen molar-refractivity contribution in [3.05, 3.63) is 70.8 Å². The Hall–Kier alpha value is -4.02. The molecule has 182 valence electrons. The summed E-state index contributed by atoms with van der Waals surface area (Å²) in [5.41, 5.74) is 0.530. The molecule has 1 amide bonds. The van der Waals surface area contributed by atoms with Gasteiger partial charge in [0.25, 0.3) is 5.56 Å². The van der Waals surface area contributed by atoms with Crippen molar-refractivity contribution < 1.29 is 27.4 Å². The van der Waals surface area contributed by atoms with E-state index in [9.17, 15) is 22.8 Å². The molecule has 0 bridgehead atoms. The number of alkyl halides is 3. The molecule has 3 aromatic rings. The fourth-order valence-corrected chi connectivity index (χ4v) is 4.10. The number of carbonyl (C=O) groups is 1. The van der Waals surface area contributed by atoms with Crippen molar-refractivity contribution in [1.29, 1.82) is 0 Å². The lowest BCUT2D eigenvalue weighted by Crippen LogP contribution is -2.50. The van der Waals surface area contributed by atoms with Crippen LogP contribution in [0.3, 0.4) is 0 Å². The van der Waals surface area contributed by atoms with E-state index in [0.717, 1.165) is 12.1 Å². The summed E-state index contributed by atoms with van der Waals surface area (Å²) in [6.07, 6.45) is -3.08. The highest BCUT2D eigenvalue weighted by Crippen LogP contribution is 2.35. The third-order valence-corrected chi connectivity index (χ3v) is 6.02. The minimum atomic E-state index is -4.41. The highest BCUT2D eigenvalue weighted by molar-refractivity contribution is 5.76. The van der Waals surface area contributed by atoms with E-state index in [1.165, 1.54) is 23.0 Å². The third kappa shape index (κ3) is 4.79. The second kappa shape index (κ2) is 8.97. The Morgan fingerprint density at radius 1 is 0.971 bits per heavy atom. The van der Waals surface area contributed by atoms with E-state index < -0.39 is 11.7 Å². The number of amides is 1. The fraction of sp³-hybridized carbons (Fsp3) is 0.292. The van der Waals surface area contributed by atoms with Crippen molar-refractivity contribution in [3.63, 3.8) is 0 Å². The highest BCUT2D eigenvalue weighted by Gasteiger charge is 2.31. The maximum absolute atomic E-state index is 13.0. The lowest BCUT2D eigenvalue weighted by molar-refractivity contribution is -0.137. The smallest absolute Gasteiger partial charge is 0.416 e. The standard InChI is InChI=1S/C24H21F3N4O4/c25-24(26,27)17-2-1-3-18(11-17)29-6-8-30(9-7-29)23(33)13-31-14-28-19(12-22(31)32)16-4-5-20-21(10-16)35-15-34-20/h1-5,10-12,14H,6-9,13,15H2. The van der Waals surface area contributed by atoms with Crippen LogP contribution in [0.25, 0.3) is 11.3 Å². The number of benzene rings is 2. The molecule has 1 aromatic heterocycles. The van der Waals surface area contributed by atoms with Gasteiger partial charge in [-0.05, 0) is 36.4 Å². The number of fused-ring (bicyclic) bond motifs is 1. The number of hydrogen-bond acceptors (Lipinski definition) is 6. The zero-order valence-corrected chi connectivity index (χ0v) is 18.5. The van der Waals surface area contributed by atoms with Gasteiger partial charge in [0.2, 0.25) is 12.7 Å². The number of nitrogens with zero attached hydrogens (tertiary/aromatic N) is 4. The van der Waals surface area contributed by atoms with Gasteiger partial charge in [-0.3, -0.25) is 14.2 Å². The molecule has 11 heteroatoms. The van der Waals surface area contributed by atoms with Gasteiger partial charge in [-0.15, -0.1) is 0 Å². The molecule has 35 heavy (non-hydrogen) atoms. The van der Waals surface area contributed by atoms with Gasteiger partial charge in [0.15, 0.2) is 11.5 Å². The van der Waals surface area contributed by atoms with Crippen LogP contribution < -0.4 is 19.9 Å². The van der Waals surface area contributed by atoms with E-state index >= 15 is 0 Å². The van der Waals surface area contributed by atoms with E-state index in [1.54, 1.807) is 29.2 Å². The number of aromatic nitrogens is 2. The van der Waals surface area contributed by atoms with Crippen LogP contribution in [-0.2, 0) is 17.5 Å². The van der Waals surface area contributed by atoms with E-state index in [2.05, 4.69) is 4.98 Å². The lowest BCUT2D eigenvalue weighted by Gasteiger charge is -2.36.